The third-order valence-electron chi connectivity index (χ3n) is 4.13. The number of carboxylic acids is 1. The molecule has 0 aliphatic heterocycles. The molecule has 0 saturated heterocycles. The molecule has 0 radical (unpaired) electrons. The zero-order valence-electron chi connectivity index (χ0n) is 11.7. The Hall–Kier alpha value is -1.97. The first kappa shape index (κ1) is 13.0. The van der Waals surface area contributed by atoms with Crippen molar-refractivity contribution in [1.29, 1.82) is 0 Å². The summed E-state index contributed by atoms with van der Waals surface area (Å²) in [5.41, 5.74) is 3.84. The van der Waals surface area contributed by atoms with Gasteiger partial charge in [0.05, 0.1) is 13.5 Å². The third-order valence-corrected chi connectivity index (χ3v) is 4.13. The molecule has 1 aromatic heterocycles. The van der Waals surface area contributed by atoms with Gasteiger partial charge in [0.2, 0.25) is 0 Å². The highest BCUT2D eigenvalue weighted by molar-refractivity contribution is 5.87. The summed E-state index contributed by atoms with van der Waals surface area (Å²) >= 11 is 0. The molecule has 0 amide bonds. The van der Waals surface area contributed by atoms with E-state index in [4.69, 9.17) is 9.84 Å². The van der Waals surface area contributed by atoms with Gasteiger partial charge in [-0.3, -0.25) is 4.79 Å². The minimum Gasteiger partial charge on any atom is -0.497 e. The number of hydrogen-bond acceptors (Lipinski definition) is 2. The highest BCUT2D eigenvalue weighted by atomic mass is 16.5. The van der Waals surface area contributed by atoms with Crippen molar-refractivity contribution in [2.45, 2.75) is 38.6 Å². The number of ether oxygens (including phenoxy) is 1. The summed E-state index contributed by atoms with van der Waals surface area (Å²) in [6.45, 7) is 0.549. The molecule has 0 spiro atoms. The molecule has 0 fully saturated rings. The fourth-order valence-electron chi connectivity index (χ4n) is 3.20. The molecular weight excluding hydrogens is 254 g/mol. The van der Waals surface area contributed by atoms with Gasteiger partial charge in [-0.2, -0.15) is 0 Å². The van der Waals surface area contributed by atoms with Crippen molar-refractivity contribution in [3.63, 3.8) is 0 Å². The lowest BCUT2D eigenvalue weighted by atomic mass is 9.95. The van der Waals surface area contributed by atoms with E-state index in [0.29, 0.717) is 6.54 Å². The summed E-state index contributed by atoms with van der Waals surface area (Å²) < 4.78 is 7.51. The number of carboxylic acid groups (broad SMARTS) is 1. The molecule has 3 rings (SSSR count). The van der Waals surface area contributed by atoms with Crippen LogP contribution >= 0.6 is 0 Å². The number of nitrogens with zero attached hydrogens (tertiary/aromatic N) is 1. The lowest BCUT2D eigenvalue weighted by Gasteiger charge is -2.15. The van der Waals surface area contributed by atoms with Crippen molar-refractivity contribution in [2.24, 2.45) is 0 Å². The van der Waals surface area contributed by atoms with Gasteiger partial charge in [-0.05, 0) is 49.4 Å². The van der Waals surface area contributed by atoms with Crippen LogP contribution in [0.4, 0.5) is 0 Å². The van der Waals surface area contributed by atoms with E-state index in [1.54, 1.807) is 7.11 Å². The van der Waals surface area contributed by atoms with Crippen LogP contribution in [0.2, 0.25) is 0 Å². The van der Waals surface area contributed by atoms with E-state index < -0.39 is 5.97 Å². The maximum Gasteiger partial charge on any atom is 0.305 e. The molecule has 0 bridgehead atoms. The Kier molecular flexibility index (Phi) is 3.38. The first-order chi connectivity index (χ1) is 9.70. The Morgan fingerprint density at radius 3 is 2.90 bits per heavy atom. The Morgan fingerprint density at radius 2 is 2.15 bits per heavy atom. The SMILES string of the molecule is COc1ccc2c(c1)c1c(n2CCC(=O)O)CCCC1. The lowest BCUT2D eigenvalue weighted by molar-refractivity contribution is -0.137. The second-order valence-corrected chi connectivity index (χ2v) is 5.31. The molecule has 0 saturated carbocycles. The zero-order chi connectivity index (χ0) is 14.1. The van der Waals surface area contributed by atoms with Crippen LogP contribution in [0.1, 0.15) is 30.5 Å². The topological polar surface area (TPSA) is 51.5 Å². The molecule has 4 nitrogen and oxygen atoms in total. The predicted octanol–water partition coefficient (Wildman–Crippen LogP) is 3.00. The maximum atomic E-state index is 10.9. The number of hydrogen-bond donors (Lipinski definition) is 1. The van der Waals surface area contributed by atoms with Gasteiger partial charge in [0.15, 0.2) is 0 Å². The normalized spacial score (nSPS) is 14.2. The largest absolute Gasteiger partial charge is 0.497 e. The Balaban J connectivity index is 2.14. The van der Waals surface area contributed by atoms with E-state index in [9.17, 15) is 4.79 Å². The molecule has 106 valence electrons. The van der Waals surface area contributed by atoms with E-state index in [-0.39, 0.29) is 6.42 Å². The molecule has 4 heteroatoms. The van der Waals surface area contributed by atoms with Gasteiger partial charge in [-0.15, -0.1) is 0 Å². The highest BCUT2D eigenvalue weighted by Gasteiger charge is 2.20. The van der Waals surface area contributed by atoms with Crippen molar-refractivity contribution in [1.82, 2.24) is 4.57 Å². The first-order valence-electron chi connectivity index (χ1n) is 7.10. The molecule has 2 aromatic rings. The summed E-state index contributed by atoms with van der Waals surface area (Å²) in [5, 5.41) is 10.2. The molecule has 1 N–H and O–H groups in total. The summed E-state index contributed by atoms with van der Waals surface area (Å²) in [4.78, 5) is 10.9. The number of methoxy groups -OCH3 is 1. The number of carbonyl (C=O) groups is 1. The highest BCUT2D eigenvalue weighted by Crippen LogP contribution is 2.34. The van der Waals surface area contributed by atoms with E-state index in [2.05, 4.69) is 10.6 Å². The van der Waals surface area contributed by atoms with Crippen molar-refractivity contribution in [3.05, 3.63) is 29.5 Å². The van der Waals surface area contributed by atoms with Crippen LogP contribution in [0, 0.1) is 0 Å². The molecule has 1 heterocycles. The van der Waals surface area contributed by atoms with E-state index >= 15 is 0 Å². The van der Waals surface area contributed by atoms with Gasteiger partial charge in [0, 0.05) is 23.1 Å². The van der Waals surface area contributed by atoms with Crippen molar-refractivity contribution < 1.29 is 14.6 Å². The first-order valence-corrected chi connectivity index (χ1v) is 7.10. The smallest absolute Gasteiger partial charge is 0.305 e. The zero-order valence-corrected chi connectivity index (χ0v) is 11.7. The Morgan fingerprint density at radius 1 is 1.35 bits per heavy atom. The fraction of sp³-hybridized carbons (Fsp3) is 0.438. The van der Waals surface area contributed by atoms with E-state index in [1.165, 1.54) is 29.5 Å². The number of fused-ring (bicyclic) bond motifs is 3. The summed E-state index contributed by atoms with van der Waals surface area (Å²) in [5.74, 6) is 0.117. The lowest BCUT2D eigenvalue weighted by Crippen LogP contribution is -2.10. The Bertz CT molecular complexity index is 657. The van der Waals surface area contributed by atoms with Crippen molar-refractivity contribution in [2.75, 3.05) is 7.11 Å². The summed E-state index contributed by atoms with van der Waals surface area (Å²) in [6, 6.07) is 6.08. The van der Waals surface area contributed by atoms with Gasteiger partial charge in [0.1, 0.15) is 5.75 Å². The molecular formula is C16H19NO3. The van der Waals surface area contributed by atoms with E-state index in [1.807, 2.05) is 12.1 Å². The van der Waals surface area contributed by atoms with Crippen molar-refractivity contribution >= 4 is 16.9 Å². The van der Waals surface area contributed by atoms with Crippen LogP contribution in [0.15, 0.2) is 18.2 Å². The average Bonchev–Trinajstić information content (AvgIpc) is 2.78. The summed E-state index contributed by atoms with van der Waals surface area (Å²) in [6.07, 6.45) is 4.70. The number of rotatable bonds is 4. The Labute approximate surface area is 118 Å². The molecule has 1 aromatic carbocycles. The van der Waals surface area contributed by atoms with Gasteiger partial charge in [-0.1, -0.05) is 0 Å². The van der Waals surface area contributed by atoms with Gasteiger partial charge >= 0.3 is 5.97 Å². The number of aromatic nitrogens is 1. The predicted molar refractivity (Wildman–Crippen MR) is 77.4 cm³/mol. The van der Waals surface area contributed by atoms with Crippen LogP contribution in [-0.2, 0) is 24.2 Å². The second kappa shape index (κ2) is 5.19. The maximum absolute atomic E-state index is 10.9. The van der Waals surface area contributed by atoms with Crippen LogP contribution in [0.5, 0.6) is 5.75 Å². The van der Waals surface area contributed by atoms with Gasteiger partial charge in [-0.25, -0.2) is 0 Å². The summed E-state index contributed by atoms with van der Waals surface area (Å²) in [7, 11) is 1.68. The van der Waals surface area contributed by atoms with Crippen LogP contribution < -0.4 is 4.74 Å². The van der Waals surface area contributed by atoms with Crippen LogP contribution in [-0.4, -0.2) is 22.8 Å². The average molecular weight is 273 g/mol. The van der Waals surface area contributed by atoms with Crippen LogP contribution in [0.3, 0.4) is 0 Å². The molecule has 1 aliphatic carbocycles. The van der Waals surface area contributed by atoms with Gasteiger partial charge < -0.3 is 14.4 Å². The number of benzene rings is 1. The number of aliphatic carboxylic acids is 1. The standard InChI is InChI=1S/C16H19NO3/c1-20-11-6-7-15-13(10-11)12-4-2-3-5-14(12)17(15)9-8-16(18)19/h6-7,10H,2-5,8-9H2,1H3,(H,18,19). The quantitative estimate of drug-likeness (QED) is 0.931. The molecule has 0 atom stereocenters. The van der Waals surface area contributed by atoms with E-state index in [0.717, 1.165) is 24.1 Å². The molecule has 0 unspecified atom stereocenters. The van der Waals surface area contributed by atoms with Gasteiger partial charge in [0.25, 0.3) is 0 Å². The minimum atomic E-state index is -0.745. The number of aryl methyl sites for hydroxylation is 2. The minimum absolute atomic E-state index is 0.169. The fourth-order valence-corrected chi connectivity index (χ4v) is 3.20. The monoisotopic (exact) mass is 273 g/mol. The second-order valence-electron chi connectivity index (χ2n) is 5.31. The third kappa shape index (κ3) is 2.15. The molecule has 20 heavy (non-hydrogen) atoms. The molecule has 1 aliphatic rings. The van der Waals surface area contributed by atoms with Crippen LogP contribution in [0.25, 0.3) is 10.9 Å². The van der Waals surface area contributed by atoms with Crippen molar-refractivity contribution in [3.8, 4) is 5.75 Å².